The standard InChI is InChI=1S/C16H16O8/c1-24-12-6-8(17)5-11(20)13(12)15(22)16(23)14(21)7-2-3-9(18)10(19)4-7/h2-6,14,16-21,23H,1H3/t14-,16+/m1/s1. The molecule has 2 rings (SSSR count). The summed E-state index contributed by atoms with van der Waals surface area (Å²) < 4.78 is 4.89. The van der Waals surface area contributed by atoms with Crippen LogP contribution in [0.4, 0.5) is 0 Å². The van der Waals surface area contributed by atoms with Crippen LogP contribution in [0.25, 0.3) is 0 Å². The molecule has 0 spiro atoms. The predicted octanol–water partition coefficient (Wildman–Crippen LogP) is 0.795. The Bertz CT molecular complexity index is 771. The number of phenols is 4. The van der Waals surface area contributed by atoms with Gasteiger partial charge in [-0.1, -0.05) is 6.07 Å². The summed E-state index contributed by atoms with van der Waals surface area (Å²) in [4.78, 5) is 12.4. The Morgan fingerprint density at radius 1 is 0.958 bits per heavy atom. The van der Waals surface area contributed by atoms with Crippen molar-refractivity contribution in [2.45, 2.75) is 12.2 Å². The number of phenolic OH excluding ortho intramolecular Hbond substituents is 4. The molecule has 0 amide bonds. The second kappa shape index (κ2) is 6.65. The maximum absolute atomic E-state index is 12.4. The van der Waals surface area contributed by atoms with E-state index in [0.717, 1.165) is 24.3 Å². The van der Waals surface area contributed by atoms with Gasteiger partial charge in [-0.25, -0.2) is 0 Å². The van der Waals surface area contributed by atoms with Crippen LogP contribution in [0.15, 0.2) is 30.3 Å². The van der Waals surface area contributed by atoms with Crippen molar-refractivity contribution in [1.29, 1.82) is 0 Å². The van der Waals surface area contributed by atoms with E-state index in [9.17, 15) is 35.4 Å². The molecule has 24 heavy (non-hydrogen) atoms. The van der Waals surface area contributed by atoms with Gasteiger partial charge in [0.25, 0.3) is 0 Å². The molecular weight excluding hydrogens is 320 g/mol. The van der Waals surface area contributed by atoms with Gasteiger partial charge in [0.1, 0.15) is 35.0 Å². The minimum absolute atomic E-state index is 0.0246. The molecule has 2 atom stereocenters. The molecule has 0 bridgehead atoms. The van der Waals surface area contributed by atoms with Crippen LogP contribution in [0, 0.1) is 0 Å². The average Bonchev–Trinajstić information content (AvgIpc) is 2.54. The molecule has 0 saturated carbocycles. The second-order valence-corrected chi connectivity index (χ2v) is 5.04. The van der Waals surface area contributed by atoms with E-state index in [4.69, 9.17) is 4.74 Å². The summed E-state index contributed by atoms with van der Waals surface area (Å²) in [7, 11) is 1.20. The third-order valence-corrected chi connectivity index (χ3v) is 3.44. The zero-order valence-corrected chi connectivity index (χ0v) is 12.5. The van der Waals surface area contributed by atoms with Crippen LogP contribution in [-0.2, 0) is 0 Å². The number of methoxy groups -OCH3 is 1. The summed E-state index contributed by atoms with van der Waals surface area (Å²) in [5, 5.41) is 58.1. The maximum atomic E-state index is 12.4. The predicted molar refractivity (Wildman–Crippen MR) is 81.4 cm³/mol. The van der Waals surface area contributed by atoms with Crippen LogP contribution < -0.4 is 4.74 Å². The third kappa shape index (κ3) is 3.19. The second-order valence-electron chi connectivity index (χ2n) is 5.04. The molecule has 8 nitrogen and oxygen atoms in total. The van der Waals surface area contributed by atoms with Crippen molar-refractivity contribution in [1.82, 2.24) is 0 Å². The molecule has 0 saturated heterocycles. The maximum Gasteiger partial charge on any atom is 0.201 e. The summed E-state index contributed by atoms with van der Waals surface area (Å²) in [6.45, 7) is 0. The third-order valence-electron chi connectivity index (χ3n) is 3.44. The van der Waals surface area contributed by atoms with E-state index in [1.54, 1.807) is 0 Å². The van der Waals surface area contributed by atoms with E-state index in [-0.39, 0.29) is 17.1 Å². The number of Topliss-reactive ketones (excluding diaryl/α,β-unsaturated/α-hetero) is 1. The average molecular weight is 336 g/mol. The zero-order chi connectivity index (χ0) is 18.0. The van der Waals surface area contributed by atoms with Crippen LogP contribution in [0.1, 0.15) is 22.0 Å². The number of carbonyl (C=O) groups is 1. The molecule has 0 aliphatic heterocycles. The summed E-state index contributed by atoms with van der Waals surface area (Å²) in [6, 6.07) is 5.25. The van der Waals surface area contributed by atoms with Crippen LogP contribution in [0.5, 0.6) is 28.7 Å². The van der Waals surface area contributed by atoms with E-state index < -0.39 is 40.8 Å². The van der Waals surface area contributed by atoms with Gasteiger partial charge in [-0.05, 0) is 17.7 Å². The number of benzene rings is 2. The van der Waals surface area contributed by atoms with Crippen molar-refractivity contribution < 1.29 is 40.2 Å². The molecule has 6 N–H and O–H groups in total. The monoisotopic (exact) mass is 336 g/mol. The quantitative estimate of drug-likeness (QED) is 0.347. The molecule has 0 heterocycles. The number of rotatable bonds is 5. The molecule has 0 fully saturated rings. The van der Waals surface area contributed by atoms with Gasteiger partial charge in [-0.15, -0.1) is 0 Å². The number of ketones is 1. The number of hydrogen-bond acceptors (Lipinski definition) is 8. The van der Waals surface area contributed by atoms with Gasteiger partial charge in [-0.3, -0.25) is 4.79 Å². The van der Waals surface area contributed by atoms with E-state index in [1.807, 2.05) is 0 Å². The lowest BCUT2D eigenvalue weighted by Gasteiger charge is -2.19. The van der Waals surface area contributed by atoms with Gasteiger partial charge in [0.2, 0.25) is 5.78 Å². The number of ether oxygens (including phenoxy) is 1. The lowest BCUT2D eigenvalue weighted by molar-refractivity contribution is 0.0199. The highest BCUT2D eigenvalue weighted by molar-refractivity contribution is 6.04. The van der Waals surface area contributed by atoms with Crippen LogP contribution >= 0.6 is 0 Å². The summed E-state index contributed by atoms with van der Waals surface area (Å²) >= 11 is 0. The Morgan fingerprint density at radius 3 is 2.21 bits per heavy atom. The zero-order valence-electron chi connectivity index (χ0n) is 12.5. The van der Waals surface area contributed by atoms with E-state index in [0.29, 0.717) is 0 Å². The van der Waals surface area contributed by atoms with Gasteiger partial charge in [0.15, 0.2) is 11.5 Å². The molecule has 2 aromatic carbocycles. The fraction of sp³-hybridized carbons (Fsp3) is 0.188. The number of hydrogen-bond donors (Lipinski definition) is 6. The molecule has 128 valence electrons. The molecule has 0 radical (unpaired) electrons. The van der Waals surface area contributed by atoms with Gasteiger partial charge in [-0.2, -0.15) is 0 Å². The molecule has 0 aliphatic rings. The number of carbonyl (C=O) groups excluding carboxylic acids is 1. The Balaban J connectivity index is 2.37. The number of aromatic hydroxyl groups is 4. The molecule has 8 heteroatoms. The summed E-state index contributed by atoms with van der Waals surface area (Å²) in [5.41, 5.74) is -0.437. The van der Waals surface area contributed by atoms with Crippen molar-refractivity contribution in [2.75, 3.05) is 7.11 Å². The SMILES string of the molecule is COc1cc(O)cc(O)c1C(=O)[C@@H](O)[C@H](O)c1ccc(O)c(O)c1. The van der Waals surface area contributed by atoms with Gasteiger partial charge < -0.3 is 35.4 Å². The lowest BCUT2D eigenvalue weighted by atomic mass is 9.95. The highest BCUT2D eigenvalue weighted by Gasteiger charge is 2.31. The van der Waals surface area contributed by atoms with E-state index >= 15 is 0 Å². The topological polar surface area (TPSA) is 148 Å². The Labute approximate surface area is 136 Å². The van der Waals surface area contributed by atoms with Crippen molar-refractivity contribution in [3.63, 3.8) is 0 Å². The first kappa shape index (κ1) is 17.4. The van der Waals surface area contributed by atoms with Crippen molar-refractivity contribution in [3.05, 3.63) is 41.5 Å². The Morgan fingerprint density at radius 2 is 1.62 bits per heavy atom. The number of aliphatic hydroxyl groups excluding tert-OH is 2. The van der Waals surface area contributed by atoms with Crippen LogP contribution in [0.2, 0.25) is 0 Å². The van der Waals surface area contributed by atoms with Crippen molar-refractivity contribution in [3.8, 4) is 28.7 Å². The summed E-state index contributed by atoms with van der Waals surface area (Å²) in [5.74, 6) is -3.17. The fourth-order valence-corrected chi connectivity index (χ4v) is 2.19. The minimum atomic E-state index is -1.99. The minimum Gasteiger partial charge on any atom is -0.508 e. The largest absolute Gasteiger partial charge is 0.508 e. The molecule has 0 aliphatic carbocycles. The Kier molecular flexibility index (Phi) is 4.82. The first-order chi connectivity index (χ1) is 11.3. The van der Waals surface area contributed by atoms with E-state index in [1.165, 1.54) is 13.2 Å². The smallest absolute Gasteiger partial charge is 0.201 e. The molecule has 0 unspecified atom stereocenters. The van der Waals surface area contributed by atoms with E-state index in [2.05, 4.69) is 0 Å². The molecule has 2 aromatic rings. The van der Waals surface area contributed by atoms with Crippen LogP contribution in [-0.4, -0.2) is 49.6 Å². The lowest BCUT2D eigenvalue weighted by Crippen LogP contribution is -2.28. The molecular formula is C16H16O8. The van der Waals surface area contributed by atoms with Crippen molar-refractivity contribution >= 4 is 5.78 Å². The van der Waals surface area contributed by atoms with Gasteiger partial charge in [0.05, 0.1) is 7.11 Å². The Hall–Kier alpha value is -2.97. The highest BCUT2D eigenvalue weighted by Crippen LogP contribution is 2.36. The first-order valence-corrected chi connectivity index (χ1v) is 6.78. The summed E-state index contributed by atoms with van der Waals surface area (Å²) in [6.07, 6.45) is -3.72. The number of aliphatic hydroxyl groups is 2. The van der Waals surface area contributed by atoms with Crippen LogP contribution in [0.3, 0.4) is 0 Å². The van der Waals surface area contributed by atoms with Gasteiger partial charge in [0, 0.05) is 12.1 Å². The fourth-order valence-electron chi connectivity index (χ4n) is 2.19. The van der Waals surface area contributed by atoms with Crippen molar-refractivity contribution in [2.24, 2.45) is 0 Å². The highest BCUT2D eigenvalue weighted by atomic mass is 16.5. The van der Waals surface area contributed by atoms with Gasteiger partial charge >= 0.3 is 0 Å². The first-order valence-electron chi connectivity index (χ1n) is 6.78. The molecule has 0 aromatic heterocycles. The normalized spacial score (nSPS) is 13.3.